The molecule has 20 heavy (non-hydrogen) atoms. The molecule has 0 fully saturated rings. The van der Waals surface area contributed by atoms with Gasteiger partial charge in [-0.3, -0.25) is 9.59 Å². The summed E-state index contributed by atoms with van der Waals surface area (Å²) >= 11 is 0. The SMILES string of the molecule is O=C1C=CC(=O)C2=C1CC1(CCc3ccccc3O1)O2. The van der Waals surface area contributed by atoms with Crippen LogP contribution in [-0.4, -0.2) is 17.4 Å². The zero-order valence-corrected chi connectivity index (χ0v) is 10.7. The Bertz CT molecular complexity index is 666. The Morgan fingerprint density at radius 1 is 1.00 bits per heavy atom. The van der Waals surface area contributed by atoms with Crippen molar-refractivity contribution in [3.63, 3.8) is 0 Å². The Balaban J connectivity index is 1.68. The summed E-state index contributed by atoms with van der Waals surface area (Å²) in [6.07, 6.45) is 4.35. The number of benzene rings is 1. The molecule has 1 atom stereocenters. The number of ketones is 2. The fourth-order valence-electron chi connectivity index (χ4n) is 2.94. The summed E-state index contributed by atoms with van der Waals surface area (Å²) in [5, 5.41) is 0. The molecule has 1 aliphatic carbocycles. The molecule has 4 rings (SSSR count). The largest absolute Gasteiger partial charge is 0.452 e. The van der Waals surface area contributed by atoms with Crippen LogP contribution >= 0.6 is 0 Å². The molecular formula is C16H12O4. The molecule has 1 aromatic rings. The Morgan fingerprint density at radius 3 is 2.65 bits per heavy atom. The molecule has 2 heterocycles. The highest BCUT2D eigenvalue weighted by Crippen LogP contribution is 2.44. The van der Waals surface area contributed by atoms with Gasteiger partial charge in [0.25, 0.3) is 5.79 Å². The minimum Gasteiger partial charge on any atom is -0.452 e. The molecule has 0 bridgehead atoms. The van der Waals surface area contributed by atoms with Crippen molar-refractivity contribution in [2.24, 2.45) is 0 Å². The van der Waals surface area contributed by atoms with E-state index in [9.17, 15) is 9.59 Å². The van der Waals surface area contributed by atoms with Crippen molar-refractivity contribution >= 4 is 11.6 Å². The fourth-order valence-corrected chi connectivity index (χ4v) is 2.94. The predicted octanol–water partition coefficient (Wildman–Crippen LogP) is 2.09. The molecule has 1 aromatic carbocycles. The van der Waals surface area contributed by atoms with Gasteiger partial charge in [-0.15, -0.1) is 0 Å². The molecule has 0 radical (unpaired) electrons. The lowest BCUT2D eigenvalue weighted by Gasteiger charge is -2.35. The first-order valence-electron chi connectivity index (χ1n) is 6.63. The molecule has 1 unspecified atom stereocenters. The Morgan fingerprint density at radius 2 is 1.80 bits per heavy atom. The maximum atomic E-state index is 11.9. The summed E-state index contributed by atoms with van der Waals surface area (Å²) in [5.74, 6) is -0.364. The van der Waals surface area contributed by atoms with Gasteiger partial charge in [0, 0.05) is 6.42 Å². The average Bonchev–Trinajstić information content (AvgIpc) is 2.83. The van der Waals surface area contributed by atoms with Crippen molar-refractivity contribution in [1.29, 1.82) is 0 Å². The quantitative estimate of drug-likeness (QED) is 0.676. The number of allylic oxidation sites excluding steroid dienone is 2. The van der Waals surface area contributed by atoms with Crippen LogP contribution in [0.4, 0.5) is 0 Å². The lowest BCUT2D eigenvalue weighted by Crippen LogP contribution is -2.39. The van der Waals surface area contributed by atoms with Crippen LogP contribution in [-0.2, 0) is 20.7 Å². The van der Waals surface area contributed by atoms with Gasteiger partial charge in [0.2, 0.25) is 5.78 Å². The van der Waals surface area contributed by atoms with E-state index >= 15 is 0 Å². The average molecular weight is 268 g/mol. The predicted molar refractivity (Wildman–Crippen MR) is 70.0 cm³/mol. The van der Waals surface area contributed by atoms with Gasteiger partial charge in [-0.2, -0.15) is 0 Å². The third-order valence-electron chi connectivity index (χ3n) is 3.96. The molecule has 1 spiro atoms. The number of aryl methyl sites for hydroxylation is 1. The second-order valence-electron chi connectivity index (χ2n) is 5.27. The summed E-state index contributed by atoms with van der Waals surface area (Å²) in [6, 6.07) is 7.77. The molecular weight excluding hydrogens is 256 g/mol. The summed E-state index contributed by atoms with van der Waals surface area (Å²) in [6.45, 7) is 0. The molecule has 4 nitrogen and oxygen atoms in total. The van der Waals surface area contributed by atoms with Gasteiger partial charge in [-0.1, -0.05) is 18.2 Å². The van der Waals surface area contributed by atoms with E-state index in [1.807, 2.05) is 24.3 Å². The highest BCUT2D eigenvalue weighted by Gasteiger charge is 2.48. The number of hydrogen-bond acceptors (Lipinski definition) is 4. The van der Waals surface area contributed by atoms with E-state index in [2.05, 4.69) is 0 Å². The summed E-state index contributed by atoms with van der Waals surface area (Å²) in [5.41, 5.74) is 1.57. The topological polar surface area (TPSA) is 52.6 Å². The van der Waals surface area contributed by atoms with Gasteiger partial charge >= 0.3 is 0 Å². The van der Waals surface area contributed by atoms with Crippen molar-refractivity contribution < 1.29 is 19.1 Å². The highest BCUT2D eigenvalue weighted by molar-refractivity contribution is 6.19. The molecule has 4 heteroatoms. The number of carbonyl (C=O) groups is 2. The molecule has 100 valence electrons. The first kappa shape index (κ1) is 11.5. The van der Waals surface area contributed by atoms with E-state index in [1.165, 1.54) is 12.2 Å². The van der Waals surface area contributed by atoms with E-state index in [0.29, 0.717) is 18.4 Å². The van der Waals surface area contributed by atoms with Gasteiger partial charge < -0.3 is 9.47 Å². The monoisotopic (exact) mass is 268 g/mol. The van der Waals surface area contributed by atoms with Crippen LogP contribution in [0, 0.1) is 0 Å². The van der Waals surface area contributed by atoms with Crippen LogP contribution in [0.5, 0.6) is 5.75 Å². The molecule has 3 aliphatic rings. The van der Waals surface area contributed by atoms with Crippen LogP contribution in [0.25, 0.3) is 0 Å². The first-order valence-corrected chi connectivity index (χ1v) is 6.63. The van der Waals surface area contributed by atoms with Gasteiger partial charge in [-0.25, -0.2) is 0 Å². The normalized spacial score (nSPS) is 27.2. The van der Waals surface area contributed by atoms with Crippen molar-refractivity contribution in [2.75, 3.05) is 0 Å². The Hall–Kier alpha value is -2.36. The number of ether oxygens (including phenoxy) is 2. The molecule has 0 amide bonds. The number of fused-ring (bicyclic) bond motifs is 1. The number of rotatable bonds is 0. The van der Waals surface area contributed by atoms with Crippen molar-refractivity contribution in [1.82, 2.24) is 0 Å². The van der Waals surface area contributed by atoms with Gasteiger partial charge in [0.05, 0.1) is 12.0 Å². The van der Waals surface area contributed by atoms with E-state index in [1.54, 1.807) is 0 Å². The second kappa shape index (κ2) is 3.82. The molecule has 0 N–H and O–H groups in total. The smallest absolute Gasteiger partial charge is 0.256 e. The maximum absolute atomic E-state index is 11.9. The minimum absolute atomic E-state index is 0.154. The van der Waals surface area contributed by atoms with Crippen LogP contribution in [0.2, 0.25) is 0 Å². The van der Waals surface area contributed by atoms with Gasteiger partial charge in [-0.05, 0) is 30.2 Å². The Kier molecular flexibility index (Phi) is 2.19. The van der Waals surface area contributed by atoms with Crippen molar-refractivity contribution in [2.45, 2.75) is 25.0 Å². The zero-order chi connectivity index (χ0) is 13.7. The van der Waals surface area contributed by atoms with Crippen LogP contribution in [0.1, 0.15) is 18.4 Å². The Labute approximate surface area is 115 Å². The van der Waals surface area contributed by atoms with E-state index < -0.39 is 5.79 Å². The van der Waals surface area contributed by atoms with E-state index in [0.717, 1.165) is 17.7 Å². The lowest BCUT2D eigenvalue weighted by molar-refractivity contribution is -0.156. The molecule has 0 saturated heterocycles. The van der Waals surface area contributed by atoms with Crippen molar-refractivity contribution in [3.05, 3.63) is 53.3 Å². The van der Waals surface area contributed by atoms with Crippen LogP contribution < -0.4 is 4.74 Å². The van der Waals surface area contributed by atoms with E-state index in [-0.39, 0.29) is 17.3 Å². The lowest BCUT2D eigenvalue weighted by atomic mass is 9.93. The summed E-state index contributed by atoms with van der Waals surface area (Å²) in [7, 11) is 0. The minimum atomic E-state index is -0.893. The summed E-state index contributed by atoms with van der Waals surface area (Å²) in [4.78, 5) is 23.7. The van der Waals surface area contributed by atoms with Gasteiger partial charge in [0.1, 0.15) is 5.75 Å². The third kappa shape index (κ3) is 1.54. The molecule has 2 aliphatic heterocycles. The second-order valence-corrected chi connectivity index (χ2v) is 5.27. The van der Waals surface area contributed by atoms with Gasteiger partial charge in [0.15, 0.2) is 11.5 Å². The number of para-hydroxylation sites is 1. The summed E-state index contributed by atoms with van der Waals surface area (Å²) < 4.78 is 11.7. The van der Waals surface area contributed by atoms with E-state index in [4.69, 9.17) is 9.47 Å². The standard InChI is InChI=1S/C16H12O4/c17-12-5-6-13(18)15-11(12)9-16(20-15)8-7-10-3-1-2-4-14(10)19-16/h1-6H,7-9H2. The first-order chi connectivity index (χ1) is 9.67. The zero-order valence-electron chi connectivity index (χ0n) is 10.7. The number of hydrogen-bond donors (Lipinski definition) is 0. The third-order valence-corrected chi connectivity index (χ3v) is 3.96. The molecule has 0 aromatic heterocycles. The number of carbonyl (C=O) groups excluding carboxylic acids is 2. The van der Waals surface area contributed by atoms with Crippen LogP contribution in [0.3, 0.4) is 0 Å². The fraction of sp³-hybridized carbons (Fsp3) is 0.250. The van der Waals surface area contributed by atoms with Crippen LogP contribution in [0.15, 0.2) is 47.7 Å². The maximum Gasteiger partial charge on any atom is 0.256 e. The van der Waals surface area contributed by atoms with Crippen molar-refractivity contribution in [3.8, 4) is 5.75 Å². The molecule has 0 saturated carbocycles. The highest BCUT2D eigenvalue weighted by atomic mass is 16.7.